The standard InChI is InChI=1S/C25H17ClO/c1-25(2)18-13-12-17-22-19(26)8-5-9-20(22)27-24(17)21(18)16-11-10-14-6-3-4-7-15(14)23(16)25/h3-13H,1-2H3. The number of rotatable bonds is 0. The van der Waals surface area contributed by atoms with Crippen LogP contribution in [0.4, 0.5) is 0 Å². The molecular formula is C25H17ClO. The van der Waals surface area contributed by atoms with Crippen LogP contribution in [0.25, 0.3) is 43.8 Å². The average Bonchev–Trinajstić information content (AvgIpc) is 3.16. The summed E-state index contributed by atoms with van der Waals surface area (Å²) in [5.74, 6) is 0. The number of halogens is 1. The molecule has 0 atom stereocenters. The second-order valence-corrected chi connectivity index (χ2v) is 8.32. The third-order valence-corrected chi connectivity index (χ3v) is 6.43. The van der Waals surface area contributed by atoms with E-state index >= 15 is 0 Å². The van der Waals surface area contributed by atoms with E-state index in [1.165, 1.54) is 33.0 Å². The van der Waals surface area contributed by atoms with E-state index in [2.05, 4.69) is 62.4 Å². The fourth-order valence-electron chi connectivity index (χ4n) is 4.92. The summed E-state index contributed by atoms with van der Waals surface area (Å²) in [6.45, 7) is 4.62. The molecular weight excluding hydrogens is 352 g/mol. The van der Waals surface area contributed by atoms with Crippen molar-refractivity contribution in [1.29, 1.82) is 0 Å². The van der Waals surface area contributed by atoms with Crippen LogP contribution in [0.2, 0.25) is 5.02 Å². The van der Waals surface area contributed by atoms with Crippen molar-refractivity contribution >= 4 is 44.3 Å². The quantitative estimate of drug-likeness (QED) is 0.273. The Kier molecular flexibility index (Phi) is 2.80. The molecule has 5 aromatic rings. The van der Waals surface area contributed by atoms with E-state index in [9.17, 15) is 0 Å². The van der Waals surface area contributed by atoms with Gasteiger partial charge in [0.15, 0.2) is 0 Å². The fraction of sp³-hybridized carbons (Fsp3) is 0.120. The molecule has 0 fully saturated rings. The Bertz CT molecular complexity index is 1400. The topological polar surface area (TPSA) is 13.1 Å². The third kappa shape index (κ3) is 1.80. The summed E-state index contributed by atoms with van der Waals surface area (Å²) in [5, 5.41) is 5.43. The van der Waals surface area contributed by atoms with Gasteiger partial charge >= 0.3 is 0 Å². The van der Waals surface area contributed by atoms with Gasteiger partial charge in [0.25, 0.3) is 0 Å². The highest BCUT2D eigenvalue weighted by Crippen LogP contribution is 2.54. The Labute approximate surface area is 162 Å². The monoisotopic (exact) mass is 368 g/mol. The summed E-state index contributed by atoms with van der Waals surface area (Å²) in [4.78, 5) is 0. The molecule has 0 N–H and O–H groups in total. The zero-order chi connectivity index (χ0) is 18.3. The van der Waals surface area contributed by atoms with Gasteiger partial charge in [-0.3, -0.25) is 0 Å². The van der Waals surface area contributed by atoms with Crippen LogP contribution in [0.5, 0.6) is 0 Å². The van der Waals surface area contributed by atoms with Gasteiger partial charge in [-0.2, -0.15) is 0 Å². The van der Waals surface area contributed by atoms with Crippen LogP contribution in [0, 0.1) is 0 Å². The molecule has 27 heavy (non-hydrogen) atoms. The van der Waals surface area contributed by atoms with Crippen LogP contribution in [0.3, 0.4) is 0 Å². The molecule has 1 aromatic heterocycles. The van der Waals surface area contributed by atoms with Crippen molar-refractivity contribution in [2.45, 2.75) is 19.3 Å². The predicted molar refractivity (Wildman–Crippen MR) is 114 cm³/mol. The van der Waals surface area contributed by atoms with Gasteiger partial charge in [0.05, 0.1) is 5.02 Å². The fourth-order valence-corrected chi connectivity index (χ4v) is 5.19. The Hall–Kier alpha value is -2.77. The normalized spacial score (nSPS) is 14.8. The minimum absolute atomic E-state index is 0.0809. The van der Waals surface area contributed by atoms with Crippen molar-refractivity contribution in [2.24, 2.45) is 0 Å². The van der Waals surface area contributed by atoms with Gasteiger partial charge in [-0.15, -0.1) is 0 Å². The van der Waals surface area contributed by atoms with Crippen molar-refractivity contribution in [3.05, 3.63) is 82.9 Å². The molecule has 0 bridgehead atoms. The molecule has 0 saturated heterocycles. The molecule has 2 heteroatoms. The Balaban J connectivity index is 1.83. The zero-order valence-electron chi connectivity index (χ0n) is 15.1. The van der Waals surface area contributed by atoms with Gasteiger partial charge in [0.2, 0.25) is 0 Å². The number of benzene rings is 4. The van der Waals surface area contributed by atoms with E-state index in [-0.39, 0.29) is 5.41 Å². The van der Waals surface area contributed by atoms with E-state index < -0.39 is 0 Å². The molecule has 1 heterocycles. The lowest BCUT2D eigenvalue weighted by atomic mass is 9.80. The van der Waals surface area contributed by atoms with Crippen molar-refractivity contribution in [3.63, 3.8) is 0 Å². The summed E-state index contributed by atoms with van der Waals surface area (Å²) in [6, 6.07) is 23.4. The average molecular weight is 369 g/mol. The molecule has 0 unspecified atom stereocenters. The first-order valence-corrected chi connectivity index (χ1v) is 9.62. The first kappa shape index (κ1) is 15.3. The lowest BCUT2D eigenvalue weighted by molar-refractivity contribution is 0.656. The van der Waals surface area contributed by atoms with Gasteiger partial charge in [-0.05, 0) is 39.6 Å². The van der Waals surface area contributed by atoms with Crippen molar-refractivity contribution in [1.82, 2.24) is 0 Å². The highest BCUT2D eigenvalue weighted by molar-refractivity contribution is 6.38. The Morgan fingerprint density at radius 2 is 1.67 bits per heavy atom. The molecule has 0 spiro atoms. The highest BCUT2D eigenvalue weighted by atomic mass is 35.5. The van der Waals surface area contributed by atoms with Gasteiger partial charge in [0.1, 0.15) is 11.2 Å². The van der Waals surface area contributed by atoms with Gasteiger partial charge in [0, 0.05) is 21.8 Å². The van der Waals surface area contributed by atoms with Crippen LogP contribution in [-0.2, 0) is 5.41 Å². The van der Waals surface area contributed by atoms with Gasteiger partial charge < -0.3 is 4.42 Å². The smallest absolute Gasteiger partial charge is 0.143 e. The maximum Gasteiger partial charge on any atom is 0.143 e. The Morgan fingerprint density at radius 3 is 2.56 bits per heavy atom. The maximum atomic E-state index is 6.50. The molecule has 1 nitrogen and oxygen atoms in total. The van der Waals surface area contributed by atoms with E-state index in [0.29, 0.717) is 0 Å². The Morgan fingerprint density at radius 1 is 0.815 bits per heavy atom. The minimum Gasteiger partial charge on any atom is -0.455 e. The van der Waals surface area contributed by atoms with E-state index in [1.54, 1.807) is 0 Å². The van der Waals surface area contributed by atoms with Crippen LogP contribution in [0.15, 0.2) is 71.1 Å². The third-order valence-electron chi connectivity index (χ3n) is 6.11. The van der Waals surface area contributed by atoms with Crippen LogP contribution >= 0.6 is 11.6 Å². The van der Waals surface area contributed by atoms with Crippen molar-refractivity contribution in [3.8, 4) is 11.1 Å². The van der Waals surface area contributed by atoms with Crippen LogP contribution in [0.1, 0.15) is 25.0 Å². The summed E-state index contributed by atoms with van der Waals surface area (Å²) in [5.41, 5.74) is 6.89. The summed E-state index contributed by atoms with van der Waals surface area (Å²) < 4.78 is 6.35. The van der Waals surface area contributed by atoms with Crippen LogP contribution < -0.4 is 0 Å². The second kappa shape index (κ2) is 4.94. The number of furan rings is 1. The summed E-state index contributed by atoms with van der Waals surface area (Å²) >= 11 is 6.50. The van der Waals surface area contributed by atoms with Crippen molar-refractivity contribution < 1.29 is 4.42 Å². The maximum absolute atomic E-state index is 6.50. The van der Waals surface area contributed by atoms with E-state index in [0.717, 1.165) is 27.0 Å². The van der Waals surface area contributed by atoms with E-state index in [1.807, 2.05) is 18.2 Å². The molecule has 0 aliphatic heterocycles. The summed E-state index contributed by atoms with van der Waals surface area (Å²) in [6.07, 6.45) is 0. The zero-order valence-corrected chi connectivity index (χ0v) is 15.9. The number of fused-ring (bicyclic) bond motifs is 9. The van der Waals surface area contributed by atoms with E-state index in [4.69, 9.17) is 16.0 Å². The SMILES string of the molecule is CC1(C)c2ccc3c(oc4cccc(Cl)c43)c2-c2ccc3ccccc3c21. The van der Waals surface area contributed by atoms with Crippen LogP contribution in [-0.4, -0.2) is 0 Å². The largest absolute Gasteiger partial charge is 0.455 e. The highest BCUT2D eigenvalue weighted by Gasteiger charge is 2.39. The molecule has 130 valence electrons. The molecule has 1 aliphatic carbocycles. The first-order chi connectivity index (χ1) is 13.1. The molecule has 1 aliphatic rings. The minimum atomic E-state index is -0.0809. The molecule has 0 radical (unpaired) electrons. The van der Waals surface area contributed by atoms with Gasteiger partial charge in [-0.25, -0.2) is 0 Å². The first-order valence-electron chi connectivity index (χ1n) is 9.24. The number of hydrogen-bond acceptors (Lipinski definition) is 1. The lowest BCUT2D eigenvalue weighted by Crippen LogP contribution is -2.15. The lowest BCUT2D eigenvalue weighted by Gasteiger charge is -2.23. The molecule has 4 aromatic carbocycles. The summed E-state index contributed by atoms with van der Waals surface area (Å²) in [7, 11) is 0. The molecule has 0 amide bonds. The molecule has 6 rings (SSSR count). The molecule has 0 saturated carbocycles. The predicted octanol–water partition coefficient (Wildman–Crippen LogP) is 7.70. The van der Waals surface area contributed by atoms with Gasteiger partial charge in [-0.1, -0.05) is 80.0 Å². The second-order valence-electron chi connectivity index (χ2n) is 7.91. The van der Waals surface area contributed by atoms with Crippen molar-refractivity contribution in [2.75, 3.05) is 0 Å². The number of hydrogen-bond donors (Lipinski definition) is 0.